The third-order valence-electron chi connectivity index (χ3n) is 2.05. The number of nitrogens with two attached hydrogens (primary N) is 1. The van der Waals surface area contributed by atoms with Gasteiger partial charge in [0.25, 0.3) is 0 Å². The Bertz CT molecular complexity index is 550. The topological polar surface area (TPSA) is 81.0 Å². The Morgan fingerprint density at radius 2 is 2.38 bits per heavy atom. The molecule has 0 aliphatic carbocycles. The van der Waals surface area contributed by atoms with E-state index in [2.05, 4.69) is 25.9 Å². The number of aromatic nitrogens is 2. The Balaban J connectivity index is 2.51. The first-order valence-electron chi connectivity index (χ1n) is 4.73. The first-order valence-corrected chi connectivity index (χ1v) is 5.53. The molecule has 1 heterocycles. The Hall–Kier alpha value is -1.56. The number of fused-ring (bicyclic) bond motifs is 1. The molecular weight excluding hydrogens is 274 g/mol. The number of H-pyrrole nitrogens is 1. The van der Waals surface area contributed by atoms with Gasteiger partial charge in [-0.2, -0.15) is 0 Å². The van der Waals surface area contributed by atoms with Gasteiger partial charge in [-0.05, 0) is 19.1 Å². The maximum atomic E-state index is 11.4. The lowest BCUT2D eigenvalue weighted by Gasteiger charge is -1.95. The van der Waals surface area contributed by atoms with Gasteiger partial charge in [-0.1, -0.05) is 15.9 Å². The molecule has 0 aliphatic heterocycles. The zero-order chi connectivity index (χ0) is 11.7. The normalized spacial score (nSPS) is 10.6. The number of nitrogen functional groups attached to an aromatic ring is 1. The summed E-state index contributed by atoms with van der Waals surface area (Å²) in [6.45, 7) is 2.06. The van der Waals surface area contributed by atoms with Crippen LogP contribution in [0.2, 0.25) is 0 Å². The molecule has 3 N–H and O–H groups in total. The maximum Gasteiger partial charge on any atom is 0.374 e. The lowest BCUT2D eigenvalue weighted by atomic mass is 10.3. The predicted molar refractivity (Wildman–Crippen MR) is 64.2 cm³/mol. The number of hydrogen-bond donors (Lipinski definition) is 2. The van der Waals surface area contributed by atoms with Crippen molar-refractivity contribution >= 4 is 38.6 Å². The highest BCUT2D eigenvalue weighted by atomic mass is 79.9. The summed E-state index contributed by atoms with van der Waals surface area (Å²) < 4.78 is 5.67. The van der Waals surface area contributed by atoms with Gasteiger partial charge in [-0.25, -0.2) is 9.78 Å². The second-order valence-corrected chi connectivity index (χ2v) is 4.11. The number of nitrogens with zero attached hydrogens (tertiary/aromatic N) is 1. The van der Waals surface area contributed by atoms with Gasteiger partial charge in [0.15, 0.2) is 0 Å². The summed E-state index contributed by atoms with van der Waals surface area (Å²) in [6, 6.07) is 3.54. The van der Waals surface area contributed by atoms with Crippen molar-refractivity contribution in [1.29, 1.82) is 0 Å². The van der Waals surface area contributed by atoms with Crippen LogP contribution in [0.5, 0.6) is 0 Å². The van der Waals surface area contributed by atoms with Crippen LogP contribution in [-0.4, -0.2) is 22.5 Å². The number of aromatic amines is 1. The molecular formula is C10H10BrN3O2. The SMILES string of the molecule is CCOC(=O)c1nc2c(N)cc(Br)cc2[nH]1. The number of carbonyl (C=O) groups is 1. The molecule has 5 nitrogen and oxygen atoms in total. The van der Waals surface area contributed by atoms with E-state index in [1.807, 2.05) is 0 Å². The number of nitrogens with one attached hydrogen (secondary N) is 1. The molecule has 6 heteroatoms. The van der Waals surface area contributed by atoms with Crippen LogP contribution in [0.4, 0.5) is 5.69 Å². The minimum atomic E-state index is -0.478. The molecule has 2 aromatic rings. The third kappa shape index (κ3) is 1.88. The summed E-state index contributed by atoms with van der Waals surface area (Å²) >= 11 is 3.32. The summed E-state index contributed by atoms with van der Waals surface area (Å²) in [4.78, 5) is 18.4. The van der Waals surface area contributed by atoms with Crippen molar-refractivity contribution in [3.63, 3.8) is 0 Å². The summed E-state index contributed by atoms with van der Waals surface area (Å²) in [5.41, 5.74) is 7.57. The summed E-state index contributed by atoms with van der Waals surface area (Å²) in [5, 5.41) is 0. The first kappa shape index (κ1) is 10.9. The molecule has 0 radical (unpaired) electrons. The molecule has 0 atom stereocenters. The molecule has 1 aromatic carbocycles. The van der Waals surface area contributed by atoms with Crippen LogP contribution >= 0.6 is 15.9 Å². The minimum absolute atomic E-state index is 0.168. The van der Waals surface area contributed by atoms with Gasteiger partial charge >= 0.3 is 5.97 Å². The lowest BCUT2D eigenvalue weighted by Crippen LogP contribution is -2.06. The van der Waals surface area contributed by atoms with E-state index in [-0.39, 0.29) is 5.82 Å². The van der Waals surface area contributed by atoms with E-state index in [0.29, 0.717) is 23.3 Å². The van der Waals surface area contributed by atoms with Crippen LogP contribution in [0.1, 0.15) is 17.5 Å². The van der Waals surface area contributed by atoms with Crippen LogP contribution < -0.4 is 5.73 Å². The van der Waals surface area contributed by atoms with Crippen molar-refractivity contribution in [2.45, 2.75) is 6.92 Å². The second-order valence-electron chi connectivity index (χ2n) is 3.20. The lowest BCUT2D eigenvalue weighted by molar-refractivity contribution is 0.0514. The van der Waals surface area contributed by atoms with Crippen LogP contribution in [0.15, 0.2) is 16.6 Å². The number of carbonyl (C=O) groups excluding carboxylic acids is 1. The number of halogens is 1. The van der Waals surface area contributed by atoms with Crippen LogP contribution in [0.25, 0.3) is 11.0 Å². The van der Waals surface area contributed by atoms with Crippen LogP contribution in [-0.2, 0) is 4.74 Å². The highest BCUT2D eigenvalue weighted by Crippen LogP contribution is 2.24. The van der Waals surface area contributed by atoms with Gasteiger partial charge in [0.05, 0.1) is 17.8 Å². The highest BCUT2D eigenvalue weighted by Gasteiger charge is 2.13. The molecule has 0 saturated carbocycles. The summed E-state index contributed by atoms with van der Waals surface area (Å²) in [7, 11) is 0. The number of rotatable bonds is 2. The fraction of sp³-hybridized carbons (Fsp3) is 0.200. The van der Waals surface area contributed by atoms with E-state index in [1.54, 1.807) is 19.1 Å². The molecule has 0 amide bonds. The molecule has 0 spiro atoms. The summed E-state index contributed by atoms with van der Waals surface area (Å²) in [6.07, 6.45) is 0. The molecule has 0 bridgehead atoms. The van der Waals surface area contributed by atoms with Gasteiger partial charge in [-0.15, -0.1) is 0 Å². The zero-order valence-electron chi connectivity index (χ0n) is 8.58. The Kier molecular flexibility index (Phi) is 2.82. The molecule has 0 saturated heterocycles. The van der Waals surface area contributed by atoms with Crippen molar-refractivity contribution in [3.05, 3.63) is 22.4 Å². The molecule has 0 unspecified atom stereocenters. The molecule has 2 rings (SSSR count). The molecule has 1 aromatic heterocycles. The van der Waals surface area contributed by atoms with E-state index >= 15 is 0 Å². The number of imidazole rings is 1. The standard InChI is InChI=1S/C10H10BrN3O2/c1-2-16-10(15)9-13-7-4-5(11)3-6(12)8(7)14-9/h3-4H,2,12H2,1H3,(H,13,14). The van der Waals surface area contributed by atoms with E-state index < -0.39 is 5.97 Å². The van der Waals surface area contributed by atoms with Gasteiger partial charge in [0, 0.05) is 4.47 Å². The molecule has 16 heavy (non-hydrogen) atoms. The van der Waals surface area contributed by atoms with Gasteiger partial charge in [0.2, 0.25) is 5.82 Å². The Labute approximate surface area is 100 Å². The van der Waals surface area contributed by atoms with E-state index in [9.17, 15) is 4.79 Å². The zero-order valence-corrected chi connectivity index (χ0v) is 10.2. The number of benzene rings is 1. The first-order chi connectivity index (χ1) is 7.61. The number of esters is 1. The average molecular weight is 284 g/mol. The molecule has 0 fully saturated rings. The van der Waals surface area contributed by atoms with E-state index in [1.165, 1.54) is 0 Å². The summed E-state index contributed by atoms with van der Waals surface area (Å²) in [5.74, 6) is -0.309. The molecule has 0 aliphatic rings. The third-order valence-corrected chi connectivity index (χ3v) is 2.51. The maximum absolute atomic E-state index is 11.4. The largest absolute Gasteiger partial charge is 0.460 e. The molecule has 84 valence electrons. The average Bonchev–Trinajstić information content (AvgIpc) is 2.62. The van der Waals surface area contributed by atoms with Crippen molar-refractivity contribution in [2.24, 2.45) is 0 Å². The Morgan fingerprint density at radius 3 is 3.06 bits per heavy atom. The highest BCUT2D eigenvalue weighted by molar-refractivity contribution is 9.10. The van der Waals surface area contributed by atoms with Crippen LogP contribution in [0.3, 0.4) is 0 Å². The smallest absolute Gasteiger partial charge is 0.374 e. The fourth-order valence-electron chi connectivity index (χ4n) is 1.40. The van der Waals surface area contributed by atoms with Gasteiger partial charge in [-0.3, -0.25) is 0 Å². The number of ether oxygens (including phenoxy) is 1. The van der Waals surface area contributed by atoms with Crippen molar-refractivity contribution < 1.29 is 9.53 Å². The van der Waals surface area contributed by atoms with Crippen molar-refractivity contribution in [3.8, 4) is 0 Å². The van der Waals surface area contributed by atoms with Crippen LogP contribution in [0, 0.1) is 0 Å². The predicted octanol–water partition coefficient (Wildman–Crippen LogP) is 2.08. The fourth-order valence-corrected chi connectivity index (χ4v) is 1.88. The number of anilines is 1. The number of hydrogen-bond acceptors (Lipinski definition) is 4. The Morgan fingerprint density at radius 1 is 1.62 bits per heavy atom. The van der Waals surface area contributed by atoms with Gasteiger partial charge in [0.1, 0.15) is 5.52 Å². The second kappa shape index (κ2) is 4.13. The van der Waals surface area contributed by atoms with Gasteiger partial charge < -0.3 is 15.5 Å². The minimum Gasteiger partial charge on any atom is -0.460 e. The van der Waals surface area contributed by atoms with Crippen molar-refractivity contribution in [1.82, 2.24) is 9.97 Å². The van der Waals surface area contributed by atoms with E-state index in [4.69, 9.17) is 10.5 Å². The van der Waals surface area contributed by atoms with E-state index in [0.717, 1.165) is 4.47 Å². The quantitative estimate of drug-likeness (QED) is 0.653. The van der Waals surface area contributed by atoms with Crippen molar-refractivity contribution in [2.75, 3.05) is 12.3 Å². The monoisotopic (exact) mass is 283 g/mol.